The van der Waals surface area contributed by atoms with Gasteiger partial charge >= 0.3 is 5.97 Å². The third-order valence-corrected chi connectivity index (χ3v) is 4.46. The van der Waals surface area contributed by atoms with Crippen molar-refractivity contribution in [1.29, 1.82) is 0 Å². The Morgan fingerprint density at radius 1 is 1.36 bits per heavy atom. The fourth-order valence-electron chi connectivity index (χ4n) is 2.88. The molecular formula is C17H24ClNO3. The average Bonchev–Trinajstić information content (AvgIpc) is 2.49. The van der Waals surface area contributed by atoms with Crippen LogP contribution in [-0.2, 0) is 4.79 Å². The third-order valence-electron chi connectivity index (χ3n) is 4.23. The van der Waals surface area contributed by atoms with Crippen LogP contribution >= 0.6 is 11.6 Å². The molecular weight excluding hydrogens is 302 g/mol. The monoisotopic (exact) mass is 325 g/mol. The van der Waals surface area contributed by atoms with E-state index >= 15 is 0 Å². The predicted octanol–water partition coefficient (Wildman–Crippen LogP) is 3.65. The van der Waals surface area contributed by atoms with E-state index in [1.54, 1.807) is 0 Å². The number of carbonyl (C=O) groups is 1. The summed E-state index contributed by atoms with van der Waals surface area (Å²) in [6.45, 7) is 3.55. The zero-order valence-corrected chi connectivity index (χ0v) is 13.7. The lowest BCUT2D eigenvalue weighted by Crippen LogP contribution is -2.35. The number of halogens is 1. The molecule has 1 aliphatic carbocycles. The van der Waals surface area contributed by atoms with Gasteiger partial charge in [0.05, 0.1) is 12.5 Å². The number of nitrogens with one attached hydrogen (secondary N) is 1. The molecule has 5 heteroatoms. The van der Waals surface area contributed by atoms with Gasteiger partial charge < -0.3 is 15.2 Å². The largest absolute Gasteiger partial charge is 0.493 e. The molecule has 0 amide bonds. The second-order valence-electron chi connectivity index (χ2n) is 5.95. The van der Waals surface area contributed by atoms with Crippen LogP contribution in [0.3, 0.4) is 0 Å². The van der Waals surface area contributed by atoms with Gasteiger partial charge in [-0.2, -0.15) is 0 Å². The minimum absolute atomic E-state index is 0.144. The summed E-state index contributed by atoms with van der Waals surface area (Å²) in [5, 5.41) is 13.2. The van der Waals surface area contributed by atoms with Crippen molar-refractivity contribution in [3.8, 4) is 5.75 Å². The predicted molar refractivity (Wildman–Crippen MR) is 87.7 cm³/mol. The van der Waals surface area contributed by atoms with E-state index in [0.29, 0.717) is 12.6 Å². The number of carboxylic acid groups (broad SMARTS) is 1. The second kappa shape index (κ2) is 8.39. The molecule has 1 aromatic rings. The molecule has 2 N–H and O–H groups in total. The van der Waals surface area contributed by atoms with Crippen LogP contribution in [0, 0.1) is 12.8 Å². The van der Waals surface area contributed by atoms with Crippen LogP contribution in [-0.4, -0.2) is 30.3 Å². The van der Waals surface area contributed by atoms with E-state index in [0.717, 1.165) is 55.0 Å². The Labute approximate surface area is 136 Å². The van der Waals surface area contributed by atoms with Crippen LogP contribution < -0.4 is 10.1 Å². The highest BCUT2D eigenvalue weighted by molar-refractivity contribution is 6.30. The molecule has 0 unspecified atom stereocenters. The highest BCUT2D eigenvalue weighted by atomic mass is 35.5. The zero-order chi connectivity index (χ0) is 15.9. The lowest BCUT2D eigenvalue weighted by atomic mass is 9.86. The van der Waals surface area contributed by atoms with Crippen molar-refractivity contribution in [3.63, 3.8) is 0 Å². The fourth-order valence-corrected chi connectivity index (χ4v) is 3.11. The van der Waals surface area contributed by atoms with Crippen molar-refractivity contribution in [2.75, 3.05) is 13.2 Å². The Balaban J connectivity index is 1.59. The number of benzene rings is 1. The molecule has 0 saturated heterocycles. The molecule has 1 aromatic carbocycles. The van der Waals surface area contributed by atoms with E-state index in [4.69, 9.17) is 21.4 Å². The van der Waals surface area contributed by atoms with Crippen molar-refractivity contribution < 1.29 is 14.6 Å². The molecule has 1 aliphatic rings. The minimum Gasteiger partial charge on any atom is -0.493 e. The molecule has 0 atom stereocenters. The van der Waals surface area contributed by atoms with Gasteiger partial charge in [-0.15, -0.1) is 0 Å². The van der Waals surface area contributed by atoms with Crippen molar-refractivity contribution in [2.45, 2.75) is 45.1 Å². The highest BCUT2D eigenvalue weighted by Gasteiger charge is 2.25. The Bertz CT molecular complexity index is 499. The molecule has 2 rings (SSSR count). The number of hydrogen-bond donors (Lipinski definition) is 2. The standard InChI is InChI=1S/C17H24ClNO3/c1-12-11-14(18)5-8-16(12)22-10-2-9-19-15-6-3-13(4-7-15)17(20)21/h5,8,11,13,15,19H,2-4,6-7,9-10H2,1H3,(H,20,21). The Morgan fingerprint density at radius 2 is 2.09 bits per heavy atom. The van der Waals surface area contributed by atoms with E-state index in [1.807, 2.05) is 25.1 Å². The molecule has 4 nitrogen and oxygen atoms in total. The first-order chi connectivity index (χ1) is 10.6. The van der Waals surface area contributed by atoms with Gasteiger partial charge in [-0.05, 0) is 69.3 Å². The van der Waals surface area contributed by atoms with Gasteiger partial charge in [-0.25, -0.2) is 0 Å². The van der Waals surface area contributed by atoms with Crippen molar-refractivity contribution in [2.24, 2.45) is 5.92 Å². The Kier molecular flexibility index (Phi) is 6.52. The van der Waals surface area contributed by atoms with Crippen LogP contribution in [0.2, 0.25) is 5.02 Å². The molecule has 0 bridgehead atoms. The van der Waals surface area contributed by atoms with E-state index in [9.17, 15) is 4.79 Å². The summed E-state index contributed by atoms with van der Waals surface area (Å²) >= 11 is 5.91. The van der Waals surface area contributed by atoms with Crippen LogP contribution in [0.4, 0.5) is 0 Å². The number of hydrogen-bond acceptors (Lipinski definition) is 3. The van der Waals surface area contributed by atoms with E-state index in [2.05, 4.69) is 5.32 Å². The molecule has 1 fully saturated rings. The molecule has 0 radical (unpaired) electrons. The normalized spacial score (nSPS) is 21.5. The van der Waals surface area contributed by atoms with Crippen LogP contribution in [0.25, 0.3) is 0 Å². The molecule has 0 aromatic heterocycles. The van der Waals surface area contributed by atoms with E-state index in [1.165, 1.54) is 0 Å². The van der Waals surface area contributed by atoms with Gasteiger partial charge in [0.25, 0.3) is 0 Å². The lowest BCUT2D eigenvalue weighted by molar-refractivity contribution is -0.142. The highest BCUT2D eigenvalue weighted by Crippen LogP contribution is 2.24. The SMILES string of the molecule is Cc1cc(Cl)ccc1OCCCNC1CCC(C(=O)O)CC1. The van der Waals surface area contributed by atoms with Gasteiger partial charge in [0.15, 0.2) is 0 Å². The third kappa shape index (κ3) is 5.18. The Hall–Kier alpha value is -1.26. The number of ether oxygens (including phenoxy) is 1. The molecule has 1 saturated carbocycles. The fraction of sp³-hybridized carbons (Fsp3) is 0.588. The average molecular weight is 326 g/mol. The van der Waals surface area contributed by atoms with Gasteiger partial charge in [0.2, 0.25) is 0 Å². The van der Waals surface area contributed by atoms with Gasteiger partial charge in [-0.1, -0.05) is 11.6 Å². The lowest BCUT2D eigenvalue weighted by Gasteiger charge is -2.26. The van der Waals surface area contributed by atoms with Crippen LogP contribution in [0.1, 0.15) is 37.7 Å². The summed E-state index contributed by atoms with van der Waals surface area (Å²) in [6.07, 6.45) is 4.41. The summed E-state index contributed by atoms with van der Waals surface area (Å²) in [7, 11) is 0. The van der Waals surface area contributed by atoms with Crippen molar-refractivity contribution in [1.82, 2.24) is 5.32 Å². The maximum atomic E-state index is 10.9. The first-order valence-corrected chi connectivity index (χ1v) is 8.29. The summed E-state index contributed by atoms with van der Waals surface area (Å²) in [6, 6.07) is 6.09. The van der Waals surface area contributed by atoms with Crippen molar-refractivity contribution >= 4 is 17.6 Å². The minimum atomic E-state index is -0.648. The summed E-state index contributed by atoms with van der Waals surface area (Å²) in [5.41, 5.74) is 1.05. The smallest absolute Gasteiger partial charge is 0.306 e. The summed E-state index contributed by atoms with van der Waals surface area (Å²) < 4.78 is 5.75. The molecule has 0 aliphatic heterocycles. The van der Waals surface area contributed by atoms with Crippen LogP contribution in [0.5, 0.6) is 5.75 Å². The maximum absolute atomic E-state index is 10.9. The number of aryl methyl sites for hydroxylation is 1. The van der Waals surface area contributed by atoms with Gasteiger partial charge in [0.1, 0.15) is 5.75 Å². The molecule has 22 heavy (non-hydrogen) atoms. The summed E-state index contributed by atoms with van der Waals surface area (Å²) in [4.78, 5) is 10.9. The quantitative estimate of drug-likeness (QED) is 0.751. The van der Waals surface area contributed by atoms with Gasteiger partial charge in [0, 0.05) is 11.1 Å². The number of carboxylic acids is 1. The topological polar surface area (TPSA) is 58.6 Å². The van der Waals surface area contributed by atoms with E-state index < -0.39 is 5.97 Å². The maximum Gasteiger partial charge on any atom is 0.306 e. The number of rotatable bonds is 7. The van der Waals surface area contributed by atoms with Crippen molar-refractivity contribution in [3.05, 3.63) is 28.8 Å². The molecule has 0 spiro atoms. The zero-order valence-electron chi connectivity index (χ0n) is 13.0. The van der Waals surface area contributed by atoms with E-state index in [-0.39, 0.29) is 5.92 Å². The second-order valence-corrected chi connectivity index (χ2v) is 6.39. The molecule has 0 heterocycles. The summed E-state index contributed by atoms with van der Waals surface area (Å²) in [5.74, 6) is 0.0887. The first kappa shape index (κ1) is 17.1. The molecule has 122 valence electrons. The Morgan fingerprint density at radius 3 is 2.73 bits per heavy atom. The number of aliphatic carboxylic acids is 1. The van der Waals surface area contributed by atoms with Crippen LogP contribution in [0.15, 0.2) is 18.2 Å². The first-order valence-electron chi connectivity index (χ1n) is 7.91. The van der Waals surface area contributed by atoms with Gasteiger partial charge in [-0.3, -0.25) is 4.79 Å².